The molecule has 0 radical (unpaired) electrons. The van der Waals surface area contributed by atoms with Crippen molar-refractivity contribution in [1.29, 1.82) is 0 Å². The largest absolute Gasteiger partial charge is 0.364 e. The number of nitrogens with one attached hydrogen (secondary N) is 1. The molecule has 1 atom stereocenters. The van der Waals surface area contributed by atoms with E-state index in [1.54, 1.807) is 4.52 Å². The molecule has 6 nitrogen and oxygen atoms in total. The minimum atomic E-state index is 0.123. The third kappa shape index (κ3) is 2.79. The lowest BCUT2D eigenvalue weighted by Crippen LogP contribution is -2.31. The average Bonchev–Trinajstić information content (AvgIpc) is 3.26. The molecule has 4 rings (SSSR count). The van der Waals surface area contributed by atoms with E-state index in [0.29, 0.717) is 6.54 Å². The number of thiophene rings is 1. The highest BCUT2D eigenvalue weighted by Crippen LogP contribution is 2.19. The minimum absolute atomic E-state index is 0.123. The van der Waals surface area contributed by atoms with E-state index in [1.165, 1.54) is 11.3 Å². The Morgan fingerprint density at radius 1 is 1.39 bits per heavy atom. The Hall–Kier alpha value is -2.41. The van der Waals surface area contributed by atoms with Gasteiger partial charge in [0.1, 0.15) is 5.82 Å². The number of imidazole rings is 1. The Morgan fingerprint density at radius 2 is 2.30 bits per heavy atom. The molecule has 118 valence electrons. The van der Waals surface area contributed by atoms with Crippen LogP contribution in [0.1, 0.15) is 21.8 Å². The summed E-state index contributed by atoms with van der Waals surface area (Å²) in [4.78, 5) is 19.4. The molecule has 0 saturated carbocycles. The monoisotopic (exact) mass is 327 g/mol. The molecule has 1 unspecified atom stereocenters. The standard InChI is InChI=1S/C16H17N5OS/c1-11-9-21-15(17-11)5-4-14(19-21)18-12-6-7-20(10-12)16(22)13-3-2-8-23-13/h2-5,8-9,12H,6-7,10H2,1H3,(H,18,19). The summed E-state index contributed by atoms with van der Waals surface area (Å²) in [5.41, 5.74) is 1.79. The van der Waals surface area contributed by atoms with Crippen molar-refractivity contribution >= 4 is 28.7 Å². The third-order valence-corrected chi connectivity index (χ3v) is 4.86. The van der Waals surface area contributed by atoms with E-state index in [0.717, 1.165) is 35.0 Å². The first-order valence-electron chi connectivity index (χ1n) is 7.61. The zero-order chi connectivity index (χ0) is 15.8. The maximum Gasteiger partial charge on any atom is 0.263 e. The van der Waals surface area contributed by atoms with Crippen molar-refractivity contribution < 1.29 is 4.79 Å². The van der Waals surface area contributed by atoms with Crippen LogP contribution in [0.5, 0.6) is 0 Å². The van der Waals surface area contributed by atoms with Crippen LogP contribution >= 0.6 is 11.3 Å². The van der Waals surface area contributed by atoms with Gasteiger partial charge in [-0.3, -0.25) is 4.79 Å². The fourth-order valence-electron chi connectivity index (χ4n) is 2.91. The van der Waals surface area contributed by atoms with Crippen LogP contribution in [-0.2, 0) is 0 Å². The number of amides is 1. The SMILES string of the molecule is Cc1cn2nc(NC3CCN(C(=O)c4cccs4)C3)ccc2n1. The first-order valence-corrected chi connectivity index (χ1v) is 8.49. The van der Waals surface area contributed by atoms with Gasteiger partial charge in [0.2, 0.25) is 0 Å². The summed E-state index contributed by atoms with van der Waals surface area (Å²) in [7, 11) is 0. The van der Waals surface area contributed by atoms with Crippen LogP contribution < -0.4 is 5.32 Å². The Bertz CT molecular complexity index is 841. The topological polar surface area (TPSA) is 62.5 Å². The molecule has 1 aliphatic heterocycles. The predicted octanol–water partition coefficient (Wildman–Crippen LogP) is 2.43. The zero-order valence-corrected chi connectivity index (χ0v) is 13.6. The lowest BCUT2D eigenvalue weighted by Gasteiger charge is -2.16. The smallest absolute Gasteiger partial charge is 0.263 e. The van der Waals surface area contributed by atoms with Gasteiger partial charge in [0.05, 0.1) is 16.8 Å². The van der Waals surface area contributed by atoms with Crippen LogP contribution in [0.4, 0.5) is 5.82 Å². The van der Waals surface area contributed by atoms with E-state index in [1.807, 2.05) is 47.7 Å². The number of carbonyl (C=O) groups excluding carboxylic acids is 1. The van der Waals surface area contributed by atoms with Gasteiger partial charge in [-0.05, 0) is 36.9 Å². The highest BCUT2D eigenvalue weighted by Gasteiger charge is 2.27. The van der Waals surface area contributed by atoms with Crippen LogP contribution in [0.25, 0.3) is 5.65 Å². The second-order valence-corrected chi connectivity index (χ2v) is 6.71. The number of aromatic nitrogens is 3. The number of fused-ring (bicyclic) bond motifs is 1. The van der Waals surface area contributed by atoms with E-state index in [2.05, 4.69) is 15.4 Å². The summed E-state index contributed by atoms with van der Waals surface area (Å²) in [6.07, 6.45) is 2.83. The number of anilines is 1. The molecular formula is C16H17N5OS. The van der Waals surface area contributed by atoms with Crippen LogP contribution in [0, 0.1) is 6.92 Å². The summed E-state index contributed by atoms with van der Waals surface area (Å²) >= 11 is 1.49. The van der Waals surface area contributed by atoms with E-state index in [4.69, 9.17) is 0 Å². The lowest BCUT2D eigenvalue weighted by atomic mass is 10.2. The molecule has 1 N–H and O–H groups in total. The van der Waals surface area contributed by atoms with Gasteiger partial charge in [0.15, 0.2) is 5.65 Å². The molecule has 0 bridgehead atoms. The fourth-order valence-corrected chi connectivity index (χ4v) is 3.60. The number of hydrogen-bond acceptors (Lipinski definition) is 5. The molecule has 0 aliphatic carbocycles. The predicted molar refractivity (Wildman–Crippen MR) is 90.0 cm³/mol. The average molecular weight is 327 g/mol. The highest BCUT2D eigenvalue weighted by atomic mass is 32.1. The molecule has 1 fully saturated rings. The van der Waals surface area contributed by atoms with Crippen molar-refractivity contribution in [2.45, 2.75) is 19.4 Å². The Kier molecular flexibility index (Phi) is 3.49. The van der Waals surface area contributed by atoms with E-state index in [-0.39, 0.29) is 11.9 Å². The van der Waals surface area contributed by atoms with Crippen molar-refractivity contribution in [3.05, 3.63) is 46.4 Å². The van der Waals surface area contributed by atoms with Crippen LogP contribution in [0.15, 0.2) is 35.8 Å². The second kappa shape index (κ2) is 5.66. The molecule has 3 aromatic rings. The van der Waals surface area contributed by atoms with Gasteiger partial charge in [0.25, 0.3) is 5.91 Å². The van der Waals surface area contributed by atoms with Gasteiger partial charge in [-0.15, -0.1) is 16.4 Å². The van der Waals surface area contributed by atoms with Crippen LogP contribution in [0.2, 0.25) is 0 Å². The molecule has 0 spiro atoms. The number of nitrogens with zero attached hydrogens (tertiary/aromatic N) is 4. The molecule has 23 heavy (non-hydrogen) atoms. The molecular weight excluding hydrogens is 310 g/mol. The number of rotatable bonds is 3. The van der Waals surface area contributed by atoms with Crippen molar-refractivity contribution in [3.63, 3.8) is 0 Å². The number of aryl methyl sites for hydroxylation is 1. The number of carbonyl (C=O) groups is 1. The summed E-state index contributed by atoms with van der Waals surface area (Å²) in [5.74, 6) is 0.934. The quantitative estimate of drug-likeness (QED) is 0.802. The summed E-state index contributed by atoms with van der Waals surface area (Å²) < 4.78 is 1.78. The van der Waals surface area contributed by atoms with E-state index >= 15 is 0 Å². The maximum absolute atomic E-state index is 12.4. The van der Waals surface area contributed by atoms with Crippen LogP contribution in [0.3, 0.4) is 0 Å². The molecule has 1 saturated heterocycles. The van der Waals surface area contributed by atoms with Gasteiger partial charge in [-0.1, -0.05) is 6.07 Å². The van der Waals surface area contributed by atoms with Gasteiger partial charge in [-0.25, -0.2) is 9.50 Å². The van der Waals surface area contributed by atoms with Crippen molar-refractivity contribution in [3.8, 4) is 0 Å². The minimum Gasteiger partial charge on any atom is -0.364 e. The van der Waals surface area contributed by atoms with Crippen LogP contribution in [-0.4, -0.2) is 44.5 Å². The summed E-state index contributed by atoms with van der Waals surface area (Å²) in [5, 5.41) is 9.88. The number of hydrogen-bond donors (Lipinski definition) is 1. The molecule has 4 heterocycles. The molecule has 7 heteroatoms. The third-order valence-electron chi connectivity index (χ3n) is 4.00. The van der Waals surface area contributed by atoms with Gasteiger partial charge >= 0.3 is 0 Å². The Labute approximate surface area is 137 Å². The summed E-state index contributed by atoms with van der Waals surface area (Å²) in [6, 6.07) is 7.91. The fraction of sp³-hybridized carbons (Fsp3) is 0.312. The Balaban J connectivity index is 1.44. The highest BCUT2D eigenvalue weighted by molar-refractivity contribution is 7.12. The van der Waals surface area contributed by atoms with E-state index in [9.17, 15) is 4.79 Å². The molecule has 1 aliphatic rings. The van der Waals surface area contributed by atoms with Gasteiger partial charge in [-0.2, -0.15) is 0 Å². The second-order valence-electron chi connectivity index (χ2n) is 5.76. The maximum atomic E-state index is 12.4. The van der Waals surface area contributed by atoms with E-state index < -0.39 is 0 Å². The van der Waals surface area contributed by atoms with Gasteiger partial charge in [0, 0.05) is 19.1 Å². The normalized spacial score (nSPS) is 17.8. The lowest BCUT2D eigenvalue weighted by molar-refractivity contribution is 0.0796. The first kappa shape index (κ1) is 14.2. The number of likely N-dealkylation sites (tertiary alicyclic amines) is 1. The summed E-state index contributed by atoms with van der Waals surface area (Å²) in [6.45, 7) is 3.44. The zero-order valence-electron chi connectivity index (χ0n) is 12.8. The van der Waals surface area contributed by atoms with Crippen molar-refractivity contribution in [1.82, 2.24) is 19.5 Å². The molecule has 3 aromatic heterocycles. The molecule has 1 amide bonds. The molecule has 0 aromatic carbocycles. The first-order chi connectivity index (χ1) is 11.2. The van der Waals surface area contributed by atoms with Gasteiger partial charge < -0.3 is 10.2 Å². The van der Waals surface area contributed by atoms with Crippen molar-refractivity contribution in [2.75, 3.05) is 18.4 Å². The van der Waals surface area contributed by atoms with Crippen molar-refractivity contribution in [2.24, 2.45) is 0 Å². The Morgan fingerprint density at radius 3 is 3.13 bits per heavy atom.